The van der Waals surface area contributed by atoms with E-state index in [1.165, 1.54) is 10.7 Å². The van der Waals surface area contributed by atoms with Gasteiger partial charge in [-0.2, -0.15) is 0 Å². The third kappa shape index (κ3) is 5.19. The van der Waals surface area contributed by atoms with Gasteiger partial charge in [0, 0.05) is 0 Å². The van der Waals surface area contributed by atoms with Crippen LogP contribution in [-0.4, -0.2) is 28.0 Å². The number of hydrogen-bond donors (Lipinski definition) is 0. The van der Waals surface area contributed by atoms with Crippen LogP contribution in [0.15, 0.2) is 91.0 Å². The van der Waals surface area contributed by atoms with Crippen molar-refractivity contribution in [2.24, 2.45) is 5.41 Å². The molecule has 3 rings (SSSR count). The van der Waals surface area contributed by atoms with E-state index in [1.54, 1.807) is 0 Å². The number of hydrogen-bond acceptors (Lipinski definition) is 3. The average Bonchev–Trinajstić information content (AvgIpc) is 2.72. The molecular weight excluding hydrogens is 487 g/mol. The predicted molar refractivity (Wildman–Crippen MR) is 130 cm³/mol. The Morgan fingerprint density at radius 1 is 0.750 bits per heavy atom. The van der Waals surface area contributed by atoms with Crippen LogP contribution in [0.25, 0.3) is 0 Å². The molecule has 0 heterocycles. The zero-order chi connectivity index (χ0) is 20.0. The Morgan fingerprint density at radius 2 is 1.11 bits per heavy atom. The molecule has 0 aliphatic rings. The molecule has 144 valence electrons. The maximum absolute atomic E-state index is 6.07. The minimum atomic E-state index is -3.44. The molecule has 28 heavy (non-hydrogen) atoms. The molecule has 0 aliphatic heterocycles. The van der Waals surface area contributed by atoms with Gasteiger partial charge in [0.05, 0.1) is 0 Å². The van der Waals surface area contributed by atoms with Crippen molar-refractivity contribution < 1.29 is 4.74 Å². The van der Waals surface area contributed by atoms with Crippen LogP contribution in [0.2, 0.25) is 0 Å². The second-order valence-corrected chi connectivity index (χ2v) is 23.9. The third-order valence-electron chi connectivity index (χ3n) is 4.40. The molecule has 0 amide bonds. The minimum absolute atomic E-state index is 0.0784. The van der Waals surface area contributed by atoms with E-state index in [9.17, 15) is 0 Å². The Balaban J connectivity index is 2.13. The van der Waals surface area contributed by atoms with E-state index in [1.807, 2.05) is 8.95 Å². The summed E-state index contributed by atoms with van der Waals surface area (Å²) in [5.41, 5.74) is 0.0784. The van der Waals surface area contributed by atoms with E-state index in [0.29, 0.717) is 11.0 Å². The van der Waals surface area contributed by atoms with E-state index >= 15 is 0 Å². The molecule has 0 saturated carbocycles. The fraction of sp³-hybridized carbons (Fsp3) is 0.208. The van der Waals surface area contributed by atoms with Crippen LogP contribution < -0.4 is 10.7 Å². The summed E-state index contributed by atoms with van der Waals surface area (Å²) in [6.07, 6.45) is 0. The standard InChI is InChI=1S/C6H12OS2.3C6H5.Sn/c1-6(2,3)4-7-5(8)9;3*1-2-4-6-5-3-1;/h4H2,1-3H3,(H,8,9);3*1-5H;/q;;;;+1/p-1. The van der Waals surface area contributed by atoms with Crippen LogP contribution in [-0.2, 0) is 4.74 Å². The summed E-state index contributed by atoms with van der Waals surface area (Å²) in [5, 5.41) is 0. The van der Waals surface area contributed by atoms with Crippen molar-refractivity contribution in [3.05, 3.63) is 91.0 Å². The second-order valence-electron chi connectivity index (χ2n) is 7.98. The van der Waals surface area contributed by atoms with Gasteiger partial charge in [0.1, 0.15) is 0 Å². The topological polar surface area (TPSA) is 9.23 Å². The monoisotopic (exact) mass is 514 g/mol. The van der Waals surface area contributed by atoms with E-state index in [-0.39, 0.29) is 5.41 Å². The molecule has 0 aliphatic carbocycles. The Morgan fingerprint density at radius 3 is 1.43 bits per heavy atom. The van der Waals surface area contributed by atoms with Gasteiger partial charge < -0.3 is 0 Å². The van der Waals surface area contributed by atoms with Gasteiger partial charge in [-0.1, -0.05) is 0 Å². The molecule has 0 N–H and O–H groups in total. The number of thiocarbonyl (C=S) groups is 1. The first-order valence-electron chi connectivity index (χ1n) is 9.44. The molecule has 4 heteroatoms. The normalized spacial score (nSPS) is 11.8. The summed E-state index contributed by atoms with van der Waals surface area (Å²) in [4.78, 5) is 0. The van der Waals surface area contributed by atoms with Crippen LogP contribution in [0.4, 0.5) is 0 Å². The second kappa shape index (κ2) is 9.46. The van der Waals surface area contributed by atoms with Crippen molar-refractivity contribution in [1.82, 2.24) is 0 Å². The van der Waals surface area contributed by atoms with Gasteiger partial charge >= 0.3 is 182 Å². The summed E-state index contributed by atoms with van der Waals surface area (Å²) < 4.78 is 10.9. The maximum atomic E-state index is 6.07. The molecule has 3 aromatic rings. The number of benzene rings is 3. The molecule has 0 aromatic heterocycles. The van der Waals surface area contributed by atoms with E-state index < -0.39 is 17.0 Å². The van der Waals surface area contributed by atoms with Crippen LogP contribution in [0.1, 0.15) is 20.8 Å². The first-order chi connectivity index (χ1) is 13.4. The fourth-order valence-corrected chi connectivity index (χ4v) is 23.4. The summed E-state index contributed by atoms with van der Waals surface area (Å²) >= 11 is 2.33. The Hall–Kier alpha value is -1.30. The van der Waals surface area contributed by atoms with Gasteiger partial charge in [0.15, 0.2) is 0 Å². The van der Waals surface area contributed by atoms with Gasteiger partial charge in [0.25, 0.3) is 0 Å². The third-order valence-corrected chi connectivity index (χ3v) is 25.4. The Bertz CT molecular complexity index is 793. The van der Waals surface area contributed by atoms with Crippen molar-refractivity contribution in [2.45, 2.75) is 20.8 Å². The molecule has 0 fully saturated rings. The molecule has 1 nitrogen and oxygen atoms in total. The quantitative estimate of drug-likeness (QED) is 0.361. The summed E-state index contributed by atoms with van der Waals surface area (Å²) in [5.74, 6) is 0. The van der Waals surface area contributed by atoms with E-state index in [2.05, 4.69) is 112 Å². The molecule has 0 bridgehead atoms. The van der Waals surface area contributed by atoms with E-state index in [4.69, 9.17) is 17.0 Å². The predicted octanol–water partition coefficient (Wildman–Crippen LogP) is 4.73. The van der Waals surface area contributed by atoms with Crippen molar-refractivity contribution in [3.8, 4) is 0 Å². The first-order valence-corrected chi connectivity index (χ1v) is 18.4. The summed E-state index contributed by atoms with van der Waals surface area (Å²) in [6, 6.07) is 32.6. The van der Waals surface area contributed by atoms with Crippen LogP contribution in [0.3, 0.4) is 0 Å². The molecular formula is C24H26OS2Sn. The van der Waals surface area contributed by atoms with Crippen molar-refractivity contribution in [2.75, 3.05) is 6.61 Å². The molecule has 0 atom stereocenters. The molecule has 0 unspecified atom stereocenters. The SMILES string of the molecule is CC(C)(C)COC(=S)[S][Sn]([c]1ccccc1)([c]1ccccc1)[c]1ccccc1. The van der Waals surface area contributed by atoms with Crippen molar-refractivity contribution in [3.63, 3.8) is 0 Å². The van der Waals surface area contributed by atoms with Crippen LogP contribution in [0.5, 0.6) is 0 Å². The van der Waals surface area contributed by atoms with E-state index in [0.717, 1.165) is 0 Å². The molecule has 0 spiro atoms. The zero-order valence-corrected chi connectivity index (χ0v) is 21.1. The number of ether oxygens (including phenoxy) is 1. The van der Waals surface area contributed by atoms with Gasteiger partial charge in [-0.3, -0.25) is 0 Å². The summed E-state index contributed by atoms with van der Waals surface area (Å²) in [7, 11) is 1.81. The molecule has 0 saturated heterocycles. The van der Waals surface area contributed by atoms with Gasteiger partial charge in [-0.15, -0.1) is 0 Å². The van der Waals surface area contributed by atoms with Crippen LogP contribution in [0, 0.1) is 5.41 Å². The van der Waals surface area contributed by atoms with Gasteiger partial charge in [-0.05, 0) is 0 Å². The van der Waals surface area contributed by atoms with Crippen molar-refractivity contribution in [1.29, 1.82) is 0 Å². The Labute approximate surface area is 180 Å². The van der Waals surface area contributed by atoms with Crippen LogP contribution >= 0.6 is 21.2 Å². The average molecular weight is 513 g/mol. The number of rotatable bonds is 5. The first kappa shape index (κ1) is 21.4. The van der Waals surface area contributed by atoms with Crippen molar-refractivity contribution >= 4 is 53.3 Å². The van der Waals surface area contributed by atoms with Gasteiger partial charge in [-0.25, -0.2) is 0 Å². The molecule has 0 radical (unpaired) electrons. The summed E-state index contributed by atoms with van der Waals surface area (Å²) in [6.45, 7) is 7.13. The Kier molecular flexibility index (Phi) is 7.24. The van der Waals surface area contributed by atoms with Gasteiger partial charge in [0.2, 0.25) is 0 Å². The fourth-order valence-electron chi connectivity index (χ4n) is 3.13. The zero-order valence-electron chi connectivity index (χ0n) is 16.6. The molecule has 3 aromatic carbocycles.